The summed E-state index contributed by atoms with van der Waals surface area (Å²) >= 11 is 0. The highest BCUT2D eigenvalue weighted by Gasteiger charge is 2.08. The van der Waals surface area contributed by atoms with Gasteiger partial charge in [-0.25, -0.2) is 4.79 Å². The van der Waals surface area contributed by atoms with E-state index in [1.165, 1.54) is 7.05 Å². The smallest absolute Gasteiger partial charge is 0.333 e. The van der Waals surface area contributed by atoms with Gasteiger partial charge in [0.1, 0.15) is 0 Å². The van der Waals surface area contributed by atoms with Gasteiger partial charge in [0, 0.05) is 0 Å². The van der Waals surface area contributed by atoms with E-state index < -0.39 is 12.0 Å². The lowest BCUT2D eigenvalue weighted by molar-refractivity contribution is -0.137. The number of hydrogen-bond acceptors (Lipinski definition) is 2. The van der Waals surface area contributed by atoms with E-state index in [0.29, 0.717) is 0 Å². The zero-order valence-corrected chi connectivity index (χ0v) is 4.51. The van der Waals surface area contributed by atoms with Gasteiger partial charge < -0.3 is 5.11 Å². The van der Waals surface area contributed by atoms with Crippen LogP contribution in [0.2, 0.25) is 0 Å². The molecule has 0 unspecified atom stereocenters. The standard InChI is InChI=1S/C5H7NO2/c1-3-4(6-2)5(7)8/h1,4,6H,2H3,(H,7,8)/t4-/m0/s1. The highest BCUT2D eigenvalue weighted by Crippen LogP contribution is 1.75. The van der Waals surface area contributed by atoms with Crippen LogP contribution in [0, 0.1) is 12.3 Å². The van der Waals surface area contributed by atoms with Crippen molar-refractivity contribution in [1.82, 2.24) is 5.32 Å². The van der Waals surface area contributed by atoms with Gasteiger partial charge in [0.25, 0.3) is 0 Å². The predicted molar refractivity (Wildman–Crippen MR) is 29.3 cm³/mol. The third kappa shape index (κ3) is 1.63. The Hall–Kier alpha value is -1.01. The Bertz CT molecular complexity index is 125. The molecule has 0 saturated carbocycles. The van der Waals surface area contributed by atoms with E-state index in [-0.39, 0.29) is 0 Å². The Kier molecular flexibility index (Phi) is 2.67. The van der Waals surface area contributed by atoms with Gasteiger partial charge in [-0.15, -0.1) is 6.42 Å². The zero-order valence-electron chi connectivity index (χ0n) is 4.51. The topological polar surface area (TPSA) is 49.3 Å². The van der Waals surface area contributed by atoms with E-state index in [4.69, 9.17) is 11.5 Å². The molecule has 0 aromatic rings. The fraction of sp³-hybridized carbons (Fsp3) is 0.400. The summed E-state index contributed by atoms with van der Waals surface area (Å²) in [4.78, 5) is 9.96. The van der Waals surface area contributed by atoms with Crippen molar-refractivity contribution in [2.24, 2.45) is 0 Å². The summed E-state index contributed by atoms with van der Waals surface area (Å²) in [5.74, 6) is 1.02. The molecule has 0 aliphatic heterocycles. The van der Waals surface area contributed by atoms with Gasteiger partial charge >= 0.3 is 5.97 Å². The Labute approximate surface area is 47.7 Å². The number of carbonyl (C=O) groups is 1. The molecule has 1 atom stereocenters. The number of rotatable bonds is 2. The second-order valence-corrected chi connectivity index (χ2v) is 1.23. The van der Waals surface area contributed by atoms with Gasteiger partial charge in [-0.1, -0.05) is 5.92 Å². The van der Waals surface area contributed by atoms with E-state index in [2.05, 4.69) is 5.32 Å². The Balaban J connectivity index is 3.76. The maximum atomic E-state index is 9.96. The number of carboxylic acid groups (broad SMARTS) is 1. The molecule has 0 fully saturated rings. The molecule has 3 heteroatoms. The van der Waals surface area contributed by atoms with Crippen molar-refractivity contribution < 1.29 is 9.90 Å². The highest BCUT2D eigenvalue weighted by molar-refractivity contribution is 5.77. The molecule has 2 N–H and O–H groups in total. The quantitative estimate of drug-likeness (QED) is 0.465. The number of carboxylic acids is 1. The van der Waals surface area contributed by atoms with Gasteiger partial charge in [-0.05, 0) is 7.05 Å². The summed E-state index contributed by atoms with van der Waals surface area (Å²) in [6, 6.07) is -0.852. The molecule has 0 bridgehead atoms. The van der Waals surface area contributed by atoms with Crippen LogP contribution >= 0.6 is 0 Å². The van der Waals surface area contributed by atoms with Crippen molar-refractivity contribution in [3.05, 3.63) is 0 Å². The van der Waals surface area contributed by atoms with Crippen molar-refractivity contribution in [3.8, 4) is 12.3 Å². The summed E-state index contributed by atoms with van der Waals surface area (Å²) < 4.78 is 0. The van der Waals surface area contributed by atoms with Crippen molar-refractivity contribution in [3.63, 3.8) is 0 Å². The summed E-state index contributed by atoms with van der Waals surface area (Å²) in [7, 11) is 1.50. The number of likely N-dealkylation sites (N-methyl/N-ethyl adjacent to an activating group) is 1. The third-order valence-electron chi connectivity index (χ3n) is 0.702. The Morgan fingerprint density at radius 1 is 2.00 bits per heavy atom. The van der Waals surface area contributed by atoms with Crippen LogP contribution in [0.1, 0.15) is 0 Å². The average molecular weight is 113 g/mol. The maximum absolute atomic E-state index is 9.96. The van der Waals surface area contributed by atoms with E-state index in [1.54, 1.807) is 0 Å². The fourth-order valence-electron chi connectivity index (χ4n) is 0.278. The number of terminal acetylenes is 1. The minimum absolute atomic E-state index is 0.852. The van der Waals surface area contributed by atoms with Crippen molar-refractivity contribution in [2.45, 2.75) is 6.04 Å². The molecule has 0 radical (unpaired) electrons. The van der Waals surface area contributed by atoms with Gasteiger partial charge in [0.05, 0.1) is 0 Å². The fourth-order valence-corrected chi connectivity index (χ4v) is 0.278. The van der Waals surface area contributed by atoms with Crippen molar-refractivity contribution in [2.75, 3.05) is 7.05 Å². The van der Waals surface area contributed by atoms with Crippen molar-refractivity contribution in [1.29, 1.82) is 0 Å². The third-order valence-corrected chi connectivity index (χ3v) is 0.702. The van der Waals surface area contributed by atoms with Gasteiger partial charge in [0.2, 0.25) is 0 Å². The summed E-state index contributed by atoms with van der Waals surface area (Å²) in [5.41, 5.74) is 0. The molecule has 0 amide bonds. The second-order valence-electron chi connectivity index (χ2n) is 1.23. The molecule has 0 aliphatic rings. The molecule has 0 rings (SSSR count). The maximum Gasteiger partial charge on any atom is 0.333 e. The average Bonchev–Trinajstić information content (AvgIpc) is 1.69. The largest absolute Gasteiger partial charge is 0.479 e. The monoisotopic (exact) mass is 113 g/mol. The predicted octanol–water partition coefficient (Wildman–Crippen LogP) is -0.708. The molecule has 0 aromatic carbocycles. The number of nitrogens with one attached hydrogen (secondary N) is 1. The number of aliphatic carboxylic acids is 1. The Morgan fingerprint density at radius 2 is 2.50 bits per heavy atom. The van der Waals surface area contributed by atoms with E-state index in [9.17, 15) is 4.79 Å². The lowest BCUT2D eigenvalue weighted by Crippen LogP contribution is -2.31. The van der Waals surface area contributed by atoms with Crippen LogP contribution in [-0.2, 0) is 4.79 Å². The molecular weight excluding hydrogens is 106 g/mol. The van der Waals surface area contributed by atoms with Crippen LogP contribution in [0.25, 0.3) is 0 Å². The first-order valence-electron chi connectivity index (χ1n) is 2.08. The number of hydrogen-bond donors (Lipinski definition) is 2. The first-order chi connectivity index (χ1) is 3.72. The minimum atomic E-state index is -1.02. The van der Waals surface area contributed by atoms with Gasteiger partial charge in [-0.2, -0.15) is 0 Å². The van der Waals surface area contributed by atoms with E-state index >= 15 is 0 Å². The summed E-state index contributed by atoms with van der Waals surface area (Å²) in [6.45, 7) is 0. The molecular formula is C5H7NO2. The lowest BCUT2D eigenvalue weighted by Gasteiger charge is -1.99. The van der Waals surface area contributed by atoms with Gasteiger partial charge in [-0.3, -0.25) is 5.32 Å². The van der Waals surface area contributed by atoms with Crippen LogP contribution in [0.15, 0.2) is 0 Å². The molecule has 3 nitrogen and oxygen atoms in total. The molecule has 0 aliphatic carbocycles. The lowest BCUT2D eigenvalue weighted by atomic mass is 10.3. The van der Waals surface area contributed by atoms with Crippen molar-refractivity contribution >= 4 is 5.97 Å². The van der Waals surface area contributed by atoms with Crippen LogP contribution in [0.5, 0.6) is 0 Å². The highest BCUT2D eigenvalue weighted by atomic mass is 16.4. The molecule has 0 spiro atoms. The first kappa shape index (κ1) is 6.99. The minimum Gasteiger partial charge on any atom is -0.479 e. The second kappa shape index (κ2) is 3.05. The molecule has 8 heavy (non-hydrogen) atoms. The van der Waals surface area contributed by atoms with E-state index in [0.717, 1.165) is 0 Å². The Morgan fingerprint density at radius 3 is 2.50 bits per heavy atom. The van der Waals surface area contributed by atoms with Crippen LogP contribution in [0.3, 0.4) is 0 Å². The van der Waals surface area contributed by atoms with E-state index in [1.807, 2.05) is 5.92 Å². The van der Waals surface area contributed by atoms with Gasteiger partial charge in [0.15, 0.2) is 6.04 Å². The SMILES string of the molecule is C#C[C@H](NC)C(=O)O. The summed E-state index contributed by atoms with van der Waals surface area (Å²) in [5, 5.41) is 10.6. The normalized spacial score (nSPS) is 12.0. The van der Waals surface area contributed by atoms with Crippen LogP contribution < -0.4 is 5.32 Å². The molecule has 0 saturated heterocycles. The molecule has 0 aromatic heterocycles. The molecule has 0 heterocycles. The zero-order chi connectivity index (χ0) is 6.57. The van der Waals surface area contributed by atoms with Crippen LogP contribution in [0.4, 0.5) is 0 Å². The van der Waals surface area contributed by atoms with Crippen LogP contribution in [-0.4, -0.2) is 24.2 Å². The summed E-state index contributed by atoms with van der Waals surface area (Å²) in [6.07, 6.45) is 4.79. The first-order valence-corrected chi connectivity index (χ1v) is 2.08. The molecule has 44 valence electrons.